The fraction of sp³-hybridized carbons (Fsp3) is 0.583. The van der Waals surface area contributed by atoms with Crippen LogP contribution in [0.2, 0.25) is 0 Å². The molecule has 0 radical (unpaired) electrons. The Morgan fingerprint density at radius 2 is 2.25 bits per heavy atom. The van der Waals surface area contributed by atoms with E-state index in [2.05, 4.69) is 16.0 Å². The third-order valence-corrected chi connectivity index (χ3v) is 2.83. The number of ether oxygens (including phenoxy) is 1. The molecule has 0 atom stereocenters. The Hall–Kier alpha value is -1.47. The van der Waals surface area contributed by atoms with E-state index in [1.54, 1.807) is 6.20 Å². The third-order valence-electron chi connectivity index (χ3n) is 2.83. The van der Waals surface area contributed by atoms with Crippen molar-refractivity contribution in [2.24, 2.45) is 0 Å². The maximum absolute atomic E-state index is 8.52. The van der Waals surface area contributed by atoms with Gasteiger partial charge in [-0.3, -0.25) is 0 Å². The second kappa shape index (κ2) is 5.57. The van der Waals surface area contributed by atoms with Crippen molar-refractivity contribution in [3.05, 3.63) is 23.8 Å². The molecule has 0 saturated carbocycles. The van der Waals surface area contributed by atoms with E-state index in [1.165, 1.54) is 0 Å². The zero-order valence-corrected chi connectivity index (χ0v) is 9.22. The van der Waals surface area contributed by atoms with Crippen LogP contribution in [0.25, 0.3) is 0 Å². The molecular weight excluding hydrogens is 202 g/mol. The summed E-state index contributed by atoms with van der Waals surface area (Å²) in [6, 6.07) is 4.09. The molecule has 1 aromatic rings. The summed E-state index contributed by atoms with van der Waals surface area (Å²) in [6.45, 7) is 1.64. The summed E-state index contributed by atoms with van der Waals surface area (Å²) in [7, 11) is 0. The van der Waals surface area contributed by atoms with E-state index < -0.39 is 0 Å². The van der Waals surface area contributed by atoms with Crippen molar-refractivity contribution in [2.45, 2.75) is 31.6 Å². The Balaban J connectivity index is 2.06. The van der Waals surface area contributed by atoms with Crippen LogP contribution in [-0.2, 0) is 11.2 Å². The number of nitriles is 1. The minimum absolute atomic E-state index is 0.483. The lowest BCUT2D eigenvalue weighted by molar-refractivity contribution is 0.0844. The van der Waals surface area contributed by atoms with Gasteiger partial charge < -0.3 is 4.74 Å². The molecule has 2 rings (SSSR count). The number of aromatic nitrogens is 2. The molecule has 4 nitrogen and oxygen atoms in total. The molecule has 4 heteroatoms. The average molecular weight is 217 g/mol. The number of hydrogen-bond donors (Lipinski definition) is 0. The zero-order valence-electron chi connectivity index (χ0n) is 9.22. The molecule has 84 valence electrons. The Morgan fingerprint density at radius 3 is 3.00 bits per heavy atom. The number of hydrogen-bond acceptors (Lipinski definition) is 4. The SMILES string of the molecule is N#CCCc1nccc(C2CCOCC2)n1. The first-order valence-electron chi connectivity index (χ1n) is 5.66. The summed E-state index contributed by atoms with van der Waals surface area (Å²) < 4.78 is 5.33. The number of aryl methyl sites for hydroxylation is 1. The van der Waals surface area contributed by atoms with Crippen LogP contribution in [0.5, 0.6) is 0 Å². The Bertz CT molecular complexity index is 380. The van der Waals surface area contributed by atoms with Crippen LogP contribution in [0, 0.1) is 11.3 Å². The monoisotopic (exact) mass is 217 g/mol. The van der Waals surface area contributed by atoms with Gasteiger partial charge in [0.05, 0.1) is 6.07 Å². The van der Waals surface area contributed by atoms with E-state index in [0.29, 0.717) is 18.8 Å². The summed E-state index contributed by atoms with van der Waals surface area (Å²) in [5, 5.41) is 8.52. The molecule has 0 unspecified atom stereocenters. The molecule has 1 saturated heterocycles. The van der Waals surface area contributed by atoms with Gasteiger partial charge in [0, 0.05) is 43.9 Å². The summed E-state index contributed by atoms with van der Waals surface area (Å²) >= 11 is 0. The topological polar surface area (TPSA) is 58.8 Å². The fourth-order valence-corrected chi connectivity index (χ4v) is 1.92. The van der Waals surface area contributed by atoms with Gasteiger partial charge >= 0.3 is 0 Å². The first-order valence-corrected chi connectivity index (χ1v) is 5.66. The first kappa shape index (κ1) is 11.0. The molecule has 0 spiro atoms. The van der Waals surface area contributed by atoms with Crippen molar-refractivity contribution < 1.29 is 4.74 Å². The predicted molar refractivity (Wildman–Crippen MR) is 58.8 cm³/mol. The van der Waals surface area contributed by atoms with Gasteiger partial charge in [0.25, 0.3) is 0 Å². The van der Waals surface area contributed by atoms with E-state index in [4.69, 9.17) is 10.00 Å². The van der Waals surface area contributed by atoms with Gasteiger partial charge in [-0.25, -0.2) is 9.97 Å². The summed E-state index contributed by atoms with van der Waals surface area (Å²) in [5.74, 6) is 1.28. The molecule has 1 aromatic heterocycles. The van der Waals surface area contributed by atoms with E-state index in [-0.39, 0.29) is 0 Å². The highest BCUT2D eigenvalue weighted by Crippen LogP contribution is 2.24. The molecule has 16 heavy (non-hydrogen) atoms. The van der Waals surface area contributed by atoms with Gasteiger partial charge in [-0.1, -0.05) is 0 Å². The Kier molecular flexibility index (Phi) is 3.84. The van der Waals surface area contributed by atoms with Crippen LogP contribution >= 0.6 is 0 Å². The number of nitrogens with zero attached hydrogens (tertiary/aromatic N) is 3. The first-order chi connectivity index (χ1) is 7.90. The standard InChI is InChI=1S/C12H15N3O/c13-6-1-2-12-14-7-3-11(15-12)10-4-8-16-9-5-10/h3,7,10H,1-2,4-5,8-9H2. The van der Waals surface area contributed by atoms with Crippen LogP contribution in [0.15, 0.2) is 12.3 Å². The van der Waals surface area contributed by atoms with Crippen molar-refractivity contribution in [1.29, 1.82) is 5.26 Å². The van der Waals surface area contributed by atoms with E-state index >= 15 is 0 Å². The molecule has 1 aliphatic rings. The molecule has 0 aromatic carbocycles. The van der Waals surface area contributed by atoms with E-state index in [1.807, 2.05) is 6.07 Å². The molecule has 0 aliphatic carbocycles. The third kappa shape index (κ3) is 2.77. The summed E-state index contributed by atoms with van der Waals surface area (Å²) in [6.07, 6.45) is 5.00. The highest BCUT2D eigenvalue weighted by molar-refractivity contribution is 5.09. The lowest BCUT2D eigenvalue weighted by Crippen LogP contribution is -2.15. The molecule has 2 heterocycles. The van der Waals surface area contributed by atoms with Crippen molar-refractivity contribution in [2.75, 3.05) is 13.2 Å². The molecule has 0 amide bonds. The van der Waals surface area contributed by atoms with Gasteiger partial charge in [0.15, 0.2) is 0 Å². The second-order valence-corrected chi connectivity index (χ2v) is 3.94. The molecule has 1 aliphatic heterocycles. The van der Waals surface area contributed by atoms with Crippen molar-refractivity contribution in [1.82, 2.24) is 9.97 Å². The average Bonchev–Trinajstić information content (AvgIpc) is 2.38. The predicted octanol–water partition coefficient (Wildman–Crippen LogP) is 1.83. The Morgan fingerprint density at radius 1 is 1.44 bits per heavy atom. The smallest absolute Gasteiger partial charge is 0.129 e. The second-order valence-electron chi connectivity index (χ2n) is 3.94. The highest BCUT2D eigenvalue weighted by Gasteiger charge is 2.17. The van der Waals surface area contributed by atoms with Gasteiger partial charge in [-0.05, 0) is 18.9 Å². The van der Waals surface area contributed by atoms with Crippen molar-refractivity contribution in [3.8, 4) is 6.07 Å². The van der Waals surface area contributed by atoms with Gasteiger partial charge in [0.2, 0.25) is 0 Å². The summed E-state index contributed by atoms with van der Waals surface area (Å²) in [5.41, 5.74) is 1.10. The maximum Gasteiger partial charge on any atom is 0.129 e. The van der Waals surface area contributed by atoms with Crippen LogP contribution in [0.1, 0.15) is 36.7 Å². The molecule has 0 N–H and O–H groups in total. The summed E-state index contributed by atoms with van der Waals surface area (Å²) in [4.78, 5) is 8.69. The van der Waals surface area contributed by atoms with Gasteiger partial charge in [0.1, 0.15) is 5.82 Å². The van der Waals surface area contributed by atoms with E-state index in [9.17, 15) is 0 Å². The van der Waals surface area contributed by atoms with Crippen molar-refractivity contribution in [3.63, 3.8) is 0 Å². The minimum atomic E-state index is 0.483. The van der Waals surface area contributed by atoms with Crippen LogP contribution in [0.3, 0.4) is 0 Å². The normalized spacial score (nSPS) is 16.9. The molecular formula is C12H15N3O. The van der Waals surface area contributed by atoms with Crippen LogP contribution in [0.4, 0.5) is 0 Å². The van der Waals surface area contributed by atoms with Gasteiger partial charge in [-0.15, -0.1) is 0 Å². The molecule has 1 fully saturated rings. The number of rotatable bonds is 3. The largest absolute Gasteiger partial charge is 0.381 e. The maximum atomic E-state index is 8.52. The van der Waals surface area contributed by atoms with E-state index in [0.717, 1.165) is 37.6 Å². The Labute approximate surface area is 95.3 Å². The highest BCUT2D eigenvalue weighted by atomic mass is 16.5. The zero-order chi connectivity index (χ0) is 11.2. The lowest BCUT2D eigenvalue weighted by atomic mass is 9.96. The van der Waals surface area contributed by atoms with Gasteiger partial charge in [-0.2, -0.15) is 5.26 Å². The van der Waals surface area contributed by atoms with Crippen LogP contribution < -0.4 is 0 Å². The van der Waals surface area contributed by atoms with Crippen molar-refractivity contribution >= 4 is 0 Å². The fourth-order valence-electron chi connectivity index (χ4n) is 1.92. The molecule has 0 bridgehead atoms. The van der Waals surface area contributed by atoms with Crippen LogP contribution in [-0.4, -0.2) is 23.2 Å². The lowest BCUT2D eigenvalue weighted by Gasteiger charge is -2.21. The minimum Gasteiger partial charge on any atom is -0.381 e. The quantitative estimate of drug-likeness (QED) is 0.775.